The molecule has 6 N–H and O–H groups in total. The Bertz CT molecular complexity index is 1170. The molecule has 2 aliphatic heterocycles. The minimum absolute atomic E-state index is 0.202. The highest BCUT2D eigenvalue weighted by Gasteiger charge is 2.23. The molecule has 11 heteroatoms. The third kappa shape index (κ3) is 5.75. The highest BCUT2D eigenvalue weighted by atomic mass is 32.1. The number of hydrogen-bond acceptors (Lipinski definition) is 10. The number of pyridine rings is 2. The molecule has 10 nitrogen and oxygen atoms in total. The second kappa shape index (κ2) is 11.2. The summed E-state index contributed by atoms with van der Waals surface area (Å²) in [6.45, 7) is 6.79. The van der Waals surface area contributed by atoms with Gasteiger partial charge < -0.3 is 27.0 Å². The number of aromatic nitrogens is 3. The first-order valence-corrected chi connectivity index (χ1v) is 13.3. The predicted molar refractivity (Wildman–Crippen MR) is 144 cm³/mol. The van der Waals surface area contributed by atoms with E-state index in [1.807, 2.05) is 24.4 Å². The number of amides is 1. The molecule has 36 heavy (non-hydrogen) atoms. The quantitative estimate of drug-likeness (QED) is 0.377. The number of anilines is 3. The van der Waals surface area contributed by atoms with E-state index >= 15 is 0 Å². The van der Waals surface area contributed by atoms with Crippen LogP contribution >= 0.6 is 11.3 Å². The Morgan fingerprint density at radius 2 is 1.94 bits per heavy atom. The van der Waals surface area contributed by atoms with E-state index in [9.17, 15) is 4.79 Å². The molecule has 3 aromatic heterocycles. The molecular weight excluding hydrogens is 474 g/mol. The SMILES string of the molecule is Nc1cc(C(=O)NCC2CCN(Cc3cnc(-c4ccccn4)s3)CC2)nc(N2CCNCC2)c1N. The molecule has 0 radical (unpaired) electrons. The first-order valence-electron chi connectivity index (χ1n) is 12.4. The van der Waals surface area contributed by atoms with Gasteiger partial charge in [0.25, 0.3) is 5.91 Å². The van der Waals surface area contributed by atoms with Crippen LogP contribution in [0.1, 0.15) is 28.2 Å². The van der Waals surface area contributed by atoms with Gasteiger partial charge in [-0.2, -0.15) is 0 Å². The lowest BCUT2D eigenvalue weighted by Crippen LogP contribution is -2.44. The summed E-state index contributed by atoms with van der Waals surface area (Å²) in [6, 6.07) is 7.46. The summed E-state index contributed by atoms with van der Waals surface area (Å²) in [4.78, 5) is 32.2. The number of rotatable bonds is 7. The van der Waals surface area contributed by atoms with Gasteiger partial charge in [-0.3, -0.25) is 14.7 Å². The zero-order valence-electron chi connectivity index (χ0n) is 20.3. The molecule has 2 aliphatic rings. The Hall–Kier alpha value is -3.28. The maximum Gasteiger partial charge on any atom is 0.270 e. The van der Waals surface area contributed by atoms with Crippen molar-refractivity contribution in [1.82, 2.24) is 30.5 Å². The summed E-state index contributed by atoms with van der Waals surface area (Å²) in [7, 11) is 0. The maximum atomic E-state index is 12.9. The molecule has 3 aromatic rings. The minimum atomic E-state index is -0.202. The van der Waals surface area contributed by atoms with Gasteiger partial charge in [0.05, 0.1) is 17.1 Å². The molecule has 2 fully saturated rings. The lowest BCUT2D eigenvalue weighted by Gasteiger charge is -2.31. The van der Waals surface area contributed by atoms with Crippen molar-refractivity contribution >= 4 is 34.4 Å². The van der Waals surface area contributed by atoms with Crippen LogP contribution in [-0.2, 0) is 6.54 Å². The molecule has 190 valence electrons. The van der Waals surface area contributed by atoms with Gasteiger partial charge in [0, 0.05) is 56.5 Å². The molecule has 1 amide bonds. The van der Waals surface area contributed by atoms with Gasteiger partial charge in [-0.25, -0.2) is 9.97 Å². The lowest BCUT2D eigenvalue weighted by molar-refractivity contribution is 0.0930. The van der Waals surface area contributed by atoms with Gasteiger partial charge >= 0.3 is 0 Å². The number of carbonyl (C=O) groups excluding carboxylic acids is 1. The fourth-order valence-corrected chi connectivity index (χ4v) is 5.61. The minimum Gasteiger partial charge on any atom is -0.397 e. The third-order valence-electron chi connectivity index (χ3n) is 6.80. The number of nitrogens with two attached hydrogens (primary N) is 2. The maximum absolute atomic E-state index is 12.9. The van der Waals surface area contributed by atoms with Crippen LogP contribution in [0, 0.1) is 5.92 Å². The molecule has 0 bridgehead atoms. The summed E-state index contributed by atoms with van der Waals surface area (Å²) in [5.41, 5.74) is 14.4. The number of nitrogens with zero attached hydrogens (tertiary/aromatic N) is 5. The van der Waals surface area contributed by atoms with E-state index in [1.54, 1.807) is 23.6 Å². The first kappa shape index (κ1) is 24.4. The summed E-state index contributed by atoms with van der Waals surface area (Å²) < 4.78 is 0. The summed E-state index contributed by atoms with van der Waals surface area (Å²) >= 11 is 1.70. The van der Waals surface area contributed by atoms with E-state index in [4.69, 9.17) is 11.5 Å². The lowest BCUT2D eigenvalue weighted by atomic mass is 9.96. The molecule has 5 heterocycles. The van der Waals surface area contributed by atoms with Gasteiger partial charge in [0.1, 0.15) is 10.7 Å². The van der Waals surface area contributed by atoms with Gasteiger partial charge in [-0.1, -0.05) is 6.07 Å². The topological polar surface area (TPSA) is 138 Å². The third-order valence-corrected chi connectivity index (χ3v) is 7.80. The molecule has 0 atom stereocenters. The number of nitrogens with one attached hydrogen (secondary N) is 2. The number of thiazole rings is 1. The fourth-order valence-electron chi connectivity index (χ4n) is 4.68. The van der Waals surface area contributed by atoms with Crippen LogP contribution in [0.3, 0.4) is 0 Å². The first-order chi connectivity index (χ1) is 17.6. The van der Waals surface area contributed by atoms with Gasteiger partial charge in [0.15, 0.2) is 5.82 Å². The molecule has 0 unspecified atom stereocenters. The van der Waals surface area contributed by atoms with E-state index in [1.165, 1.54) is 4.88 Å². The van der Waals surface area contributed by atoms with E-state index in [-0.39, 0.29) is 5.91 Å². The highest BCUT2D eigenvalue weighted by Crippen LogP contribution is 2.28. The molecule has 2 saturated heterocycles. The van der Waals surface area contributed by atoms with Gasteiger partial charge in [-0.05, 0) is 50.0 Å². The Balaban J connectivity index is 1.11. The zero-order valence-corrected chi connectivity index (χ0v) is 21.1. The molecule has 0 saturated carbocycles. The Morgan fingerprint density at radius 1 is 1.14 bits per heavy atom. The van der Waals surface area contributed by atoms with Gasteiger partial charge in [0.2, 0.25) is 0 Å². The van der Waals surface area contributed by atoms with E-state index < -0.39 is 0 Å². The second-order valence-corrected chi connectivity index (χ2v) is 10.5. The molecular formula is C25H33N9OS. The monoisotopic (exact) mass is 507 g/mol. The predicted octanol–water partition coefficient (Wildman–Crippen LogP) is 1.82. The van der Waals surface area contributed by atoms with Crippen molar-refractivity contribution in [1.29, 1.82) is 0 Å². The van der Waals surface area contributed by atoms with Crippen LogP contribution in [0.5, 0.6) is 0 Å². The van der Waals surface area contributed by atoms with Crippen molar-refractivity contribution in [3.63, 3.8) is 0 Å². The summed E-state index contributed by atoms with van der Waals surface area (Å²) in [5.74, 6) is 0.839. The van der Waals surface area contributed by atoms with Crippen molar-refractivity contribution in [3.8, 4) is 10.7 Å². The largest absolute Gasteiger partial charge is 0.397 e. The highest BCUT2D eigenvalue weighted by molar-refractivity contribution is 7.14. The smallest absolute Gasteiger partial charge is 0.270 e. The van der Waals surface area contributed by atoms with Crippen molar-refractivity contribution < 1.29 is 4.79 Å². The zero-order chi connectivity index (χ0) is 24.9. The standard InChI is InChI=1S/C25H33N9OS/c26-19-13-21(32-23(22(19)27)34-11-7-28-8-12-34)24(35)30-14-17-4-9-33(10-5-17)16-18-15-31-25(36-18)20-3-1-2-6-29-20/h1-3,6,13,15,17,28H,4-5,7-12,14,16,27H2,(H2,26,32)(H,30,35). The van der Waals surface area contributed by atoms with Crippen LogP contribution in [0.15, 0.2) is 36.7 Å². The number of piperazine rings is 1. The van der Waals surface area contributed by atoms with Crippen molar-refractivity contribution in [3.05, 3.63) is 47.2 Å². The number of hydrogen-bond donors (Lipinski definition) is 4. The van der Waals surface area contributed by atoms with E-state index in [0.29, 0.717) is 35.3 Å². The number of piperidine rings is 1. The van der Waals surface area contributed by atoms with Crippen molar-refractivity contribution in [2.75, 3.05) is 62.2 Å². The fraction of sp³-hybridized carbons (Fsp3) is 0.440. The van der Waals surface area contributed by atoms with E-state index in [0.717, 1.165) is 69.4 Å². The van der Waals surface area contributed by atoms with Crippen LogP contribution in [0.25, 0.3) is 10.7 Å². The molecule has 5 rings (SSSR count). The number of likely N-dealkylation sites (tertiary alicyclic amines) is 1. The number of carbonyl (C=O) groups is 1. The van der Waals surface area contributed by atoms with E-state index in [2.05, 4.69) is 35.4 Å². The Labute approximate surface area is 215 Å². The molecule has 0 aromatic carbocycles. The second-order valence-electron chi connectivity index (χ2n) is 9.35. The number of nitrogen functional groups attached to an aromatic ring is 2. The Kier molecular flexibility index (Phi) is 7.59. The van der Waals surface area contributed by atoms with Crippen molar-refractivity contribution in [2.24, 2.45) is 5.92 Å². The average molecular weight is 508 g/mol. The molecule has 0 aliphatic carbocycles. The average Bonchev–Trinajstić information content (AvgIpc) is 3.39. The normalized spacial score (nSPS) is 17.3. The van der Waals surface area contributed by atoms with Crippen LogP contribution < -0.4 is 27.0 Å². The van der Waals surface area contributed by atoms with Gasteiger partial charge in [-0.15, -0.1) is 11.3 Å². The Morgan fingerprint density at radius 3 is 2.69 bits per heavy atom. The summed E-state index contributed by atoms with van der Waals surface area (Å²) in [5, 5.41) is 7.34. The van der Waals surface area contributed by atoms with Crippen LogP contribution in [0.4, 0.5) is 17.2 Å². The van der Waals surface area contributed by atoms with Crippen LogP contribution in [0.2, 0.25) is 0 Å². The summed E-state index contributed by atoms with van der Waals surface area (Å²) in [6.07, 6.45) is 5.83. The van der Waals surface area contributed by atoms with Crippen LogP contribution in [-0.4, -0.2) is 71.6 Å². The molecule has 0 spiro atoms. The van der Waals surface area contributed by atoms with Crippen molar-refractivity contribution in [2.45, 2.75) is 19.4 Å².